The molecule has 0 aliphatic rings. The topological polar surface area (TPSA) is 70.6 Å². The zero-order chi connectivity index (χ0) is 17.5. The van der Waals surface area contributed by atoms with Crippen molar-refractivity contribution in [1.82, 2.24) is 5.43 Å². The average molecular weight is 362 g/mol. The van der Waals surface area contributed by atoms with E-state index in [-0.39, 0.29) is 0 Å². The van der Waals surface area contributed by atoms with Crippen LogP contribution in [0.1, 0.15) is 11.1 Å². The molecule has 2 aromatic rings. The smallest absolute Gasteiger partial charge is 0.318 e. The van der Waals surface area contributed by atoms with Crippen LogP contribution in [0.3, 0.4) is 0 Å². The van der Waals surface area contributed by atoms with E-state index in [0.29, 0.717) is 10.7 Å². The monoisotopic (exact) mass is 361 g/mol. The Morgan fingerprint density at radius 3 is 2.46 bits per heavy atom. The van der Waals surface area contributed by atoms with Crippen LogP contribution < -0.4 is 10.7 Å². The highest BCUT2D eigenvalue weighted by Crippen LogP contribution is 2.19. The molecule has 0 bridgehead atoms. The average Bonchev–Trinajstić information content (AvgIpc) is 2.58. The van der Waals surface area contributed by atoms with Gasteiger partial charge >= 0.3 is 11.8 Å². The Bertz CT molecular complexity index is 776. The van der Waals surface area contributed by atoms with E-state index in [1.807, 2.05) is 37.4 Å². The van der Waals surface area contributed by atoms with Crippen LogP contribution in [0.4, 0.5) is 5.69 Å². The number of carbonyl (C=O) groups excluding carboxylic acids is 2. The van der Waals surface area contributed by atoms with Crippen molar-refractivity contribution in [3.05, 3.63) is 58.6 Å². The lowest BCUT2D eigenvalue weighted by atomic mass is 10.2. The number of amides is 2. The fourth-order valence-corrected chi connectivity index (χ4v) is 2.35. The summed E-state index contributed by atoms with van der Waals surface area (Å²) in [6.45, 7) is 1.85. The van der Waals surface area contributed by atoms with Crippen LogP contribution >= 0.6 is 23.4 Å². The molecule has 0 aliphatic heterocycles. The highest BCUT2D eigenvalue weighted by molar-refractivity contribution is 7.98. The maximum atomic E-state index is 11.8. The van der Waals surface area contributed by atoms with E-state index in [1.54, 1.807) is 30.0 Å². The first kappa shape index (κ1) is 18.0. The fourth-order valence-electron chi connectivity index (χ4n) is 1.76. The zero-order valence-corrected chi connectivity index (χ0v) is 14.7. The third-order valence-electron chi connectivity index (χ3n) is 3.13. The number of hydrogen-bond donors (Lipinski definition) is 2. The second-order valence-corrected chi connectivity index (χ2v) is 6.18. The van der Waals surface area contributed by atoms with Gasteiger partial charge in [-0.3, -0.25) is 9.59 Å². The van der Waals surface area contributed by atoms with Gasteiger partial charge in [-0.05, 0) is 48.6 Å². The van der Waals surface area contributed by atoms with Crippen LogP contribution in [0.15, 0.2) is 52.5 Å². The minimum atomic E-state index is -0.858. The molecule has 24 heavy (non-hydrogen) atoms. The second kappa shape index (κ2) is 8.52. The maximum Gasteiger partial charge on any atom is 0.329 e. The number of benzene rings is 2. The molecule has 124 valence electrons. The molecule has 2 amide bonds. The number of nitrogens with zero attached hydrogens (tertiary/aromatic N) is 1. The molecule has 0 saturated carbocycles. The largest absolute Gasteiger partial charge is 0.329 e. The van der Waals surface area contributed by atoms with Gasteiger partial charge in [-0.1, -0.05) is 29.8 Å². The van der Waals surface area contributed by atoms with Crippen LogP contribution in [0.5, 0.6) is 0 Å². The van der Waals surface area contributed by atoms with Gasteiger partial charge in [0.25, 0.3) is 0 Å². The Morgan fingerprint density at radius 1 is 1.12 bits per heavy atom. The summed E-state index contributed by atoms with van der Waals surface area (Å²) in [4.78, 5) is 24.6. The van der Waals surface area contributed by atoms with E-state index < -0.39 is 11.8 Å². The van der Waals surface area contributed by atoms with E-state index in [9.17, 15) is 9.59 Å². The Morgan fingerprint density at radius 2 is 1.83 bits per heavy atom. The van der Waals surface area contributed by atoms with Gasteiger partial charge in [0.2, 0.25) is 0 Å². The number of hydrazone groups is 1. The Labute approximate surface area is 149 Å². The van der Waals surface area contributed by atoms with Gasteiger partial charge < -0.3 is 5.32 Å². The van der Waals surface area contributed by atoms with E-state index in [2.05, 4.69) is 15.8 Å². The van der Waals surface area contributed by atoms with Crippen molar-refractivity contribution >= 4 is 47.1 Å². The van der Waals surface area contributed by atoms with Gasteiger partial charge in [0.05, 0.1) is 6.21 Å². The molecule has 0 fully saturated rings. The minimum Gasteiger partial charge on any atom is -0.318 e. The highest BCUT2D eigenvalue weighted by atomic mass is 35.5. The molecule has 0 aliphatic carbocycles. The first-order chi connectivity index (χ1) is 11.5. The quantitative estimate of drug-likeness (QED) is 0.379. The third-order valence-corrected chi connectivity index (χ3v) is 4.28. The molecule has 0 heterocycles. The van der Waals surface area contributed by atoms with Crippen molar-refractivity contribution < 1.29 is 9.59 Å². The molecular weight excluding hydrogens is 346 g/mol. The van der Waals surface area contributed by atoms with Gasteiger partial charge in [0, 0.05) is 15.6 Å². The second-order valence-electron chi connectivity index (χ2n) is 4.89. The number of rotatable bonds is 4. The van der Waals surface area contributed by atoms with Crippen LogP contribution in [-0.2, 0) is 9.59 Å². The molecule has 2 aromatic carbocycles. The third kappa shape index (κ3) is 5.11. The van der Waals surface area contributed by atoms with E-state index in [1.165, 1.54) is 6.21 Å². The molecule has 7 heteroatoms. The van der Waals surface area contributed by atoms with Gasteiger partial charge in [-0.15, -0.1) is 11.8 Å². The number of nitrogens with one attached hydrogen (secondary N) is 2. The van der Waals surface area contributed by atoms with Crippen molar-refractivity contribution in [3.8, 4) is 0 Å². The highest BCUT2D eigenvalue weighted by Gasteiger charge is 2.13. The van der Waals surface area contributed by atoms with Gasteiger partial charge in [-0.25, -0.2) is 5.43 Å². The minimum absolute atomic E-state index is 0.447. The van der Waals surface area contributed by atoms with Crippen molar-refractivity contribution in [2.45, 2.75) is 11.8 Å². The lowest BCUT2D eigenvalue weighted by Crippen LogP contribution is -2.32. The summed E-state index contributed by atoms with van der Waals surface area (Å²) in [5, 5.41) is 6.75. The van der Waals surface area contributed by atoms with Gasteiger partial charge in [0.1, 0.15) is 0 Å². The summed E-state index contributed by atoms with van der Waals surface area (Å²) in [5.74, 6) is -1.67. The van der Waals surface area contributed by atoms with Crippen LogP contribution in [-0.4, -0.2) is 24.3 Å². The summed E-state index contributed by atoms with van der Waals surface area (Å²) >= 11 is 7.61. The number of anilines is 1. The van der Waals surface area contributed by atoms with Crippen molar-refractivity contribution in [2.24, 2.45) is 5.10 Å². The lowest BCUT2D eigenvalue weighted by molar-refractivity contribution is -0.136. The molecule has 0 spiro atoms. The van der Waals surface area contributed by atoms with E-state index in [0.717, 1.165) is 16.0 Å². The summed E-state index contributed by atoms with van der Waals surface area (Å²) in [6, 6.07) is 12.6. The Balaban J connectivity index is 1.89. The Kier molecular flexibility index (Phi) is 6.40. The standard InChI is InChI=1S/C17H16ClN3O2S/c1-11-3-6-13(9-15(11)18)20-16(22)17(23)21-19-10-12-4-7-14(24-2)8-5-12/h3-10H,1-2H3,(H,20,22)(H,21,23)/b19-10-. The summed E-state index contributed by atoms with van der Waals surface area (Å²) in [5.41, 5.74) is 4.34. The van der Waals surface area contributed by atoms with Crippen LogP contribution in [0.2, 0.25) is 5.02 Å². The Hall–Kier alpha value is -2.31. The fraction of sp³-hybridized carbons (Fsp3) is 0.118. The molecule has 0 saturated heterocycles. The number of halogens is 1. The van der Waals surface area contributed by atoms with Gasteiger partial charge in [0.15, 0.2) is 0 Å². The van der Waals surface area contributed by atoms with Crippen molar-refractivity contribution in [2.75, 3.05) is 11.6 Å². The molecule has 2 N–H and O–H groups in total. The number of aryl methyl sites for hydroxylation is 1. The molecule has 0 unspecified atom stereocenters. The zero-order valence-electron chi connectivity index (χ0n) is 13.2. The first-order valence-electron chi connectivity index (χ1n) is 7.04. The summed E-state index contributed by atoms with van der Waals surface area (Å²) < 4.78 is 0. The van der Waals surface area contributed by atoms with Crippen molar-refractivity contribution in [3.63, 3.8) is 0 Å². The maximum absolute atomic E-state index is 11.8. The predicted octanol–water partition coefficient (Wildman–Crippen LogP) is 3.46. The van der Waals surface area contributed by atoms with Gasteiger partial charge in [-0.2, -0.15) is 5.10 Å². The molecule has 2 rings (SSSR count). The first-order valence-corrected chi connectivity index (χ1v) is 8.64. The van der Waals surface area contributed by atoms with Crippen LogP contribution in [0, 0.1) is 6.92 Å². The van der Waals surface area contributed by atoms with E-state index >= 15 is 0 Å². The summed E-state index contributed by atoms with van der Waals surface area (Å²) in [7, 11) is 0. The lowest BCUT2D eigenvalue weighted by Gasteiger charge is -2.05. The molecule has 0 atom stereocenters. The number of carbonyl (C=O) groups is 2. The SMILES string of the molecule is CSc1ccc(/C=N\NC(=O)C(=O)Nc2ccc(C)c(Cl)c2)cc1. The number of hydrogen-bond acceptors (Lipinski definition) is 4. The van der Waals surface area contributed by atoms with E-state index in [4.69, 9.17) is 11.6 Å². The molecule has 0 aromatic heterocycles. The van der Waals surface area contributed by atoms with Crippen molar-refractivity contribution in [1.29, 1.82) is 0 Å². The summed E-state index contributed by atoms with van der Waals surface area (Å²) in [6.07, 6.45) is 3.46. The molecular formula is C17H16ClN3O2S. The normalized spacial score (nSPS) is 10.6. The molecule has 0 radical (unpaired) electrons. The predicted molar refractivity (Wildman–Crippen MR) is 98.8 cm³/mol. The number of thioether (sulfide) groups is 1. The van der Waals surface area contributed by atoms with Crippen LogP contribution in [0.25, 0.3) is 0 Å². The molecule has 5 nitrogen and oxygen atoms in total.